The van der Waals surface area contributed by atoms with E-state index in [-0.39, 0.29) is 23.7 Å². The zero-order valence-corrected chi connectivity index (χ0v) is 23.0. The van der Waals surface area contributed by atoms with Crippen LogP contribution in [0.1, 0.15) is 104 Å². The predicted octanol–water partition coefficient (Wildman–Crippen LogP) is 4.84. The maximum atomic E-state index is 12.9. The summed E-state index contributed by atoms with van der Waals surface area (Å²) in [5, 5.41) is 22.1. The van der Waals surface area contributed by atoms with E-state index in [0.29, 0.717) is 23.2 Å². The van der Waals surface area contributed by atoms with Crippen LogP contribution in [0.4, 0.5) is 0 Å². The molecule has 1 amide bonds. The summed E-state index contributed by atoms with van der Waals surface area (Å²) in [7, 11) is 0. The minimum Gasteiger partial charge on any atom is -0.393 e. The molecule has 2 N–H and O–H groups in total. The van der Waals surface area contributed by atoms with Gasteiger partial charge in [-0.25, -0.2) is 0 Å². The molecule has 0 aromatic carbocycles. The monoisotopic (exact) mass is 500 g/mol. The highest BCUT2D eigenvalue weighted by Gasteiger charge is 2.61. The fraction of sp³-hybridized carbons (Fsp3) is 0.968. The van der Waals surface area contributed by atoms with Crippen LogP contribution in [0.15, 0.2) is 0 Å². The topological polar surface area (TPSA) is 64.0 Å². The van der Waals surface area contributed by atoms with Crippen molar-refractivity contribution in [3.05, 3.63) is 0 Å². The van der Waals surface area contributed by atoms with E-state index in [1.54, 1.807) is 0 Å². The van der Waals surface area contributed by atoms with Gasteiger partial charge in [0.2, 0.25) is 5.91 Å². The molecule has 0 spiro atoms. The molecule has 36 heavy (non-hydrogen) atoms. The molecule has 204 valence electrons. The third kappa shape index (κ3) is 4.28. The van der Waals surface area contributed by atoms with Crippen LogP contribution >= 0.6 is 0 Å². The summed E-state index contributed by atoms with van der Waals surface area (Å²) in [5.74, 6) is 3.97. The molecule has 5 heteroatoms. The van der Waals surface area contributed by atoms with Crippen molar-refractivity contribution in [1.82, 2.24) is 9.80 Å². The minimum atomic E-state index is -0.230. The first-order chi connectivity index (χ1) is 17.3. The average Bonchev–Trinajstić information content (AvgIpc) is 3.50. The zero-order valence-electron chi connectivity index (χ0n) is 23.0. The molecule has 1 heterocycles. The van der Waals surface area contributed by atoms with Gasteiger partial charge in [-0.3, -0.25) is 9.69 Å². The van der Waals surface area contributed by atoms with E-state index in [9.17, 15) is 15.0 Å². The summed E-state index contributed by atoms with van der Waals surface area (Å²) in [6.07, 6.45) is 16.1. The lowest BCUT2D eigenvalue weighted by Crippen LogP contribution is -2.62. The van der Waals surface area contributed by atoms with Crippen molar-refractivity contribution >= 4 is 5.91 Å². The highest BCUT2D eigenvalue weighted by molar-refractivity contribution is 5.76. The smallest absolute Gasteiger partial charge is 0.222 e. The predicted molar refractivity (Wildman–Crippen MR) is 142 cm³/mol. The molecule has 6 rings (SSSR count). The number of carbonyl (C=O) groups is 1. The van der Waals surface area contributed by atoms with Gasteiger partial charge in [0.25, 0.3) is 0 Å². The summed E-state index contributed by atoms with van der Waals surface area (Å²) < 4.78 is 0. The van der Waals surface area contributed by atoms with E-state index in [1.165, 1.54) is 57.8 Å². The van der Waals surface area contributed by atoms with Crippen LogP contribution < -0.4 is 0 Å². The number of fused-ring (bicyclic) bond motifs is 5. The number of amides is 1. The summed E-state index contributed by atoms with van der Waals surface area (Å²) in [6.45, 7) is 8.44. The molecule has 6 aliphatic rings. The summed E-state index contributed by atoms with van der Waals surface area (Å²) in [4.78, 5) is 17.5. The van der Waals surface area contributed by atoms with Gasteiger partial charge in [-0.15, -0.1) is 0 Å². The molecule has 0 radical (unpaired) electrons. The molecular weight excluding hydrogens is 448 g/mol. The van der Waals surface area contributed by atoms with Crippen LogP contribution in [0.25, 0.3) is 0 Å². The van der Waals surface area contributed by atoms with E-state index in [2.05, 4.69) is 23.6 Å². The normalized spacial score (nSPS) is 47.9. The second-order valence-electron chi connectivity index (χ2n) is 14.5. The van der Waals surface area contributed by atoms with Crippen molar-refractivity contribution in [1.29, 1.82) is 0 Å². The van der Waals surface area contributed by atoms with Crippen LogP contribution in [-0.2, 0) is 4.79 Å². The largest absolute Gasteiger partial charge is 0.393 e. The van der Waals surface area contributed by atoms with Gasteiger partial charge in [-0.1, -0.05) is 39.5 Å². The lowest BCUT2D eigenvalue weighted by atomic mass is 9.44. The van der Waals surface area contributed by atoms with Gasteiger partial charge in [0.1, 0.15) is 0 Å². The van der Waals surface area contributed by atoms with E-state index >= 15 is 0 Å². The number of piperazine rings is 1. The zero-order chi connectivity index (χ0) is 25.1. The quantitative estimate of drug-likeness (QED) is 0.580. The van der Waals surface area contributed by atoms with Crippen molar-refractivity contribution in [3.63, 3.8) is 0 Å². The van der Waals surface area contributed by atoms with Gasteiger partial charge < -0.3 is 15.1 Å². The number of nitrogens with zero attached hydrogens (tertiary/aromatic N) is 2. The second-order valence-corrected chi connectivity index (χ2v) is 14.5. The maximum Gasteiger partial charge on any atom is 0.222 e. The van der Waals surface area contributed by atoms with Crippen LogP contribution in [0.3, 0.4) is 0 Å². The number of rotatable bonds is 4. The van der Waals surface area contributed by atoms with Gasteiger partial charge in [0.05, 0.1) is 12.2 Å². The third-order valence-electron chi connectivity index (χ3n) is 13.0. The highest BCUT2D eigenvalue weighted by atomic mass is 16.3. The summed E-state index contributed by atoms with van der Waals surface area (Å²) in [5.41, 5.74) is 0.439. The first-order valence-corrected chi connectivity index (χ1v) is 15.7. The first-order valence-electron chi connectivity index (χ1n) is 15.7. The number of hydrogen-bond acceptors (Lipinski definition) is 4. The number of aliphatic hydroxyl groups is 2. The maximum absolute atomic E-state index is 12.9. The molecule has 5 saturated carbocycles. The Morgan fingerprint density at radius 3 is 2.33 bits per heavy atom. The molecule has 0 unspecified atom stereocenters. The number of carbonyl (C=O) groups excluding carboxylic acids is 1. The van der Waals surface area contributed by atoms with Crippen LogP contribution in [0.2, 0.25) is 0 Å². The Hall–Kier alpha value is -0.650. The van der Waals surface area contributed by atoms with Crippen LogP contribution in [-0.4, -0.2) is 70.3 Å². The van der Waals surface area contributed by atoms with Gasteiger partial charge in [-0.2, -0.15) is 0 Å². The van der Waals surface area contributed by atoms with Crippen molar-refractivity contribution in [2.75, 3.05) is 26.2 Å². The lowest BCUT2D eigenvalue weighted by molar-refractivity contribution is -0.156. The highest BCUT2D eigenvalue weighted by Crippen LogP contribution is 2.66. The molecule has 0 aromatic heterocycles. The van der Waals surface area contributed by atoms with E-state index < -0.39 is 0 Å². The molecular formula is C31H52N2O3. The third-order valence-corrected chi connectivity index (χ3v) is 13.0. The molecule has 9 atom stereocenters. The fourth-order valence-corrected chi connectivity index (χ4v) is 10.7. The van der Waals surface area contributed by atoms with E-state index in [0.717, 1.165) is 76.0 Å². The molecule has 5 nitrogen and oxygen atoms in total. The molecule has 1 saturated heterocycles. The van der Waals surface area contributed by atoms with Crippen molar-refractivity contribution in [2.45, 2.75) is 122 Å². The van der Waals surface area contributed by atoms with Crippen molar-refractivity contribution in [3.8, 4) is 0 Å². The SMILES string of the molecule is C[C@]12C[C@H](N3CCN(C(=O)CCC4CCCC4)CC3)[C@@H](O)C[C@@H]1CC[C@@H]1[C@@H]2CC[C@]2(C)[C@@H](O)CC[C@@H]12. The van der Waals surface area contributed by atoms with Gasteiger partial charge in [0, 0.05) is 38.6 Å². The first kappa shape index (κ1) is 25.6. The fourth-order valence-electron chi connectivity index (χ4n) is 10.7. The van der Waals surface area contributed by atoms with Gasteiger partial charge in [0.15, 0.2) is 0 Å². The van der Waals surface area contributed by atoms with Gasteiger partial charge >= 0.3 is 0 Å². The summed E-state index contributed by atoms with van der Waals surface area (Å²) in [6, 6.07) is 0.239. The molecule has 0 bridgehead atoms. The second kappa shape index (κ2) is 9.83. The molecule has 5 aliphatic carbocycles. The Balaban J connectivity index is 1.09. The average molecular weight is 501 g/mol. The van der Waals surface area contributed by atoms with Crippen molar-refractivity contribution in [2.24, 2.45) is 40.4 Å². The number of hydrogen-bond donors (Lipinski definition) is 2. The van der Waals surface area contributed by atoms with Crippen LogP contribution in [0, 0.1) is 40.4 Å². The Kier molecular flexibility index (Phi) is 6.99. The van der Waals surface area contributed by atoms with E-state index in [1.807, 2.05) is 0 Å². The molecule has 0 aromatic rings. The summed E-state index contributed by atoms with van der Waals surface area (Å²) >= 11 is 0. The van der Waals surface area contributed by atoms with E-state index in [4.69, 9.17) is 0 Å². The van der Waals surface area contributed by atoms with Crippen LogP contribution in [0.5, 0.6) is 0 Å². The minimum absolute atomic E-state index is 0.105. The Morgan fingerprint density at radius 2 is 1.58 bits per heavy atom. The lowest BCUT2D eigenvalue weighted by Gasteiger charge is -2.62. The Morgan fingerprint density at radius 1 is 0.861 bits per heavy atom. The Labute approximate surface area is 219 Å². The molecule has 1 aliphatic heterocycles. The Bertz CT molecular complexity index is 806. The van der Waals surface area contributed by atoms with Gasteiger partial charge in [-0.05, 0) is 98.2 Å². The standard InChI is InChI=1S/C31H52N2O3/c1-30-14-13-25-23(24(30)10-11-28(30)35)9-8-22-19-27(34)26(20-31(22,25)2)32-15-17-33(18-16-32)29(36)12-7-21-5-3-4-6-21/h21-28,34-35H,3-20H2,1-2H3/t22-,23-,24-,25-,26-,27-,28-,30-,31-/m0/s1. The van der Waals surface area contributed by atoms with Crippen molar-refractivity contribution < 1.29 is 15.0 Å². The molecule has 6 fully saturated rings. The number of aliphatic hydroxyl groups excluding tert-OH is 2.